The highest BCUT2D eigenvalue weighted by molar-refractivity contribution is 5.84. The van der Waals surface area contributed by atoms with Crippen LogP contribution in [0, 0.1) is 0 Å². The van der Waals surface area contributed by atoms with E-state index in [9.17, 15) is 4.79 Å². The van der Waals surface area contributed by atoms with Gasteiger partial charge in [0, 0.05) is 0 Å². The molecule has 58 valence electrons. The predicted octanol–water partition coefficient (Wildman–Crippen LogP) is 0.00390. The lowest BCUT2D eigenvalue weighted by Crippen LogP contribution is -2.50. The van der Waals surface area contributed by atoms with Crippen LogP contribution in [-0.2, 0) is 4.79 Å². The highest BCUT2D eigenvalue weighted by Crippen LogP contribution is 2.21. The van der Waals surface area contributed by atoms with Gasteiger partial charge in [-0.25, -0.2) is 0 Å². The predicted molar refractivity (Wildman–Crippen MR) is 39.5 cm³/mol. The van der Waals surface area contributed by atoms with E-state index in [1.807, 2.05) is 6.92 Å². The van der Waals surface area contributed by atoms with Crippen LogP contribution >= 0.6 is 0 Å². The van der Waals surface area contributed by atoms with Crippen LogP contribution < -0.4 is 11.1 Å². The van der Waals surface area contributed by atoms with Crippen LogP contribution in [0.4, 0.5) is 0 Å². The van der Waals surface area contributed by atoms with Gasteiger partial charge in [-0.1, -0.05) is 6.92 Å². The van der Waals surface area contributed by atoms with Crippen LogP contribution in [0.1, 0.15) is 26.2 Å². The van der Waals surface area contributed by atoms with E-state index >= 15 is 0 Å². The highest BCUT2D eigenvalue weighted by Gasteiger charge is 2.36. The molecule has 1 rings (SSSR count). The van der Waals surface area contributed by atoms with Gasteiger partial charge in [0.1, 0.15) is 0 Å². The molecule has 0 radical (unpaired) electrons. The quantitative estimate of drug-likeness (QED) is 0.570. The van der Waals surface area contributed by atoms with Crippen LogP contribution in [0.2, 0.25) is 0 Å². The average molecular weight is 142 g/mol. The van der Waals surface area contributed by atoms with Crippen molar-refractivity contribution in [3.8, 4) is 0 Å². The molecular weight excluding hydrogens is 128 g/mol. The number of rotatable bonds is 2. The molecule has 1 aliphatic rings. The second-order valence-corrected chi connectivity index (χ2v) is 2.83. The molecule has 1 fully saturated rings. The van der Waals surface area contributed by atoms with Gasteiger partial charge in [0.15, 0.2) is 0 Å². The van der Waals surface area contributed by atoms with Gasteiger partial charge in [-0.3, -0.25) is 4.79 Å². The molecule has 3 N–H and O–H groups in total. The minimum atomic E-state index is -0.375. The Kier molecular flexibility index (Phi) is 1.94. The molecule has 0 unspecified atom stereocenters. The van der Waals surface area contributed by atoms with Crippen LogP contribution in [0.5, 0.6) is 0 Å². The number of hydrogen-bond donors (Lipinski definition) is 2. The Labute approximate surface area is 61.0 Å². The molecular formula is C7H14N2O. The maximum absolute atomic E-state index is 10.9. The Bertz CT molecular complexity index is 139. The molecule has 0 saturated carbocycles. The summed E-state index contributed by atoms with van der Waals surface area (Å²) in [6.45, 7) is 2.92. The fraction of sp³-hybridized carbons (Fsp3) is 0.857. The van der Waals surface area contributed by atoms with Crippen LogP contribution in [0.25, 0.3) is 0 Å². The maximum Gasteiger partial charge on any atom is 0.237 e. The lowest BCUT2D eigenvalue weighted by molar-refractivity contribution is -0.123. The molecule has 3 heteroatoms. The normalized spacial score (nSPS) is 32.5. The summed E-state index contributed by atoms with van der Waals surface area (Å²) in [7, 11) is 0. The first-order valence-electron chi connectivity index (χ1n) is 3.76. The molecule has 0 aromatic carbocycles. The minimum absolute atomic E-state index is 0.201. The standard InChI is InChI=1S/C7H14N2O/c1-2-7(6(8)10)4-3-5-9-7/h9H,2-5H2,1H3,(H2,8,10)/t7-/m0/s1. The molecule has 0 spiro atoms. The van der Waals surface area contributed by atoms with Crippen LogP contribution in [-0.4, -0.2) is 18.0 Å². The molecule has 0 aromatic rings. The number of amides is 1. The fourth-order valence-electron chi connectivity index (χ4n) is 1.49. The van der Waals surface area contributed by atoms with Crippen molar-refractivity contribution in [2.75, 3.05) is 6.54 Å². The van der Waals surface area contributed by atoms with Crippen molar-refractivity contribution in [1.82, 2.24) is 5.32 Å². The third kappa shape index (κ3) is 1.01. The summed E-state index contributed by atoms with van der Waals surface area (Å²) in [5, 5.41) is 3.14. The Morgan fingerprint density at radius 1 is 1.80 bits per heavy atom. The van der Waals surface area contributed by atoms with Gasteiger partial charge in [-0.15, -0.1) is 0 Å². The third-order valence-electron chi connectivity index (χ3n) is 2.32. The van der Waals surface area contributed by atoms with E-state index in [4.69, 9.17) is 5.73 Å². The van der Waals surface area contributed by atoms with Gasteiger partial charge < -0.3 is 11.1 Å². The molecule has 1 heterocycles. The topological polar surface area (TPSA) is 55.1 Å². The van der Waals surface area contributed by atoms with E-state index in [2.05, 4.69) is 5.32 Å². The van der Waals surface area contributed by atoms with Crippen molar-refractivity contribution in [3.05, 3.63) is 0 Å². The van der Waals surface area contributed by atoms with Crippen LogP contribution in [0.15, 0.2) is 0 Å². The lowest BCUT2D eigenvalue weighted by Gasteiger charge is -2.23. The molecule has 10 heavy (non-hydrogen) atoms. The Morgan fingerprint density at radius 3 is 2.70 bits per heavy atom. The zero-order chi connectivity index (χ0) is 7.61. The summed E-state index contributed by atoms with van der Waals surface area (Å²) in [6, 6.07) is 0. The number of primary amides is 1. The second kappa shape index (κ2) is 2.58. The Morgan fingerprint density at radius 2 is 2.50 bits per heavy atom. The average Bonchev–Trinajstić information content (AvgIpc) is 2.35. The van der Waals surface area contributed by atoms with E-state index in [0.717, 1.165) is 25.8 Å². The van der Waals surface area contributed by atoms with E-state index in [1.54, 1.807) is 0 Å². The molecule has 0 aliphatic carbocycles. The fourth-order valence-corrected chi connectivity index (χ4v) is 1.49. The Balaban J connectivity index is 2.67. The first kappa shape index (κ1) is 7.54. The number of carbonyl (C=O) groups is 1. The summed E-state index contributed by atoms with van der Waals surface area (Å²) >= 11 is 0. The van der Waals surface area contributed by atoms with Crippen LogP contribution in [0.3, 0.4) is 0 Å². The third-order valence-corrected chi connectivity index (χ3v) is 2.32. The van der Waals surface area contributed by atoms with Gasteiger partial charge in [0.05, 0.1) is 5.54 Å². The molecule has 1 atom stereocenters. The van der Waals surface area contributed by atoms with Crippen molar-refractivity contribution in [3.63, 3.8) is 0 Å². The van der Waals surface area contributed by atoms with Gasteiger partial charge in [0.2, 0.25) is 5.91 Å². The Hall–Kier alpha value is -0.570. The smallest absolute Gasteiger partial charge is 0.237 e. The van der Waals surface area contributed by atoms with Crippen molar-refractivity contribution < 1.29 is 4.79 Å². The summed E-state index contributed by atoms with van der Waals surface area (Å²) in [5.41, 5.74) is 4.87. The number of nitrogens with one attached hydrogen (secondary N) is 1. The molecule has 1 saturated heterocycles. The zero-order valence-electron chi connectivity index (χ0n) is 6.31. The van der Waals surface area contributed by atoms with E-state index < -0.39 is 0 Å². The van der Waals surface area contributed by atoms with Crippen molar-refractivity contribution in [2.45, 2.75) is 31.7 Å². The van der Waals surface area contributed by atoms with E-state index in [-0.39, 0.29) is 11.4 Å². The largest absolute Gasteiger partial charge is 0.368 e. The number of hydrogen-bond acceptors (Lipinski definition) is 2. The van der Waals surface area contributed by atoms with Gasteiger partial charge in [-0.2, -0.15) is 0 Å². The summed E-state index contributed by atoms with van der Waals surface area (Å²) in [4.78, 5) is 10.9. The summed E-state index contributed by atoms with van der Waals surface area (Å²) in [6.07, 6.45) is 2.78. The highest BCUT2D eigenvalue weighted by atomic mass is 16.1. The van der Waals surface area contributed by atoms with E-state index in [0.29, 0.717) is 0 Å². The molecule has 1 aliphatic heterocycles. The SMILES string of the molecule is CC[C@@]1(C(N)=O)CCCN1. The van der Waals surface area contributed by atoms with Crippen molar-refractivity contribution in [1.29, 1.82) is 0 Å². The van der Waals surface area contributed by atoms with Gasteiger partial charge in [0.25, 0.3) is 0 Å². The summed E-state index contributed by atoms with van der Waals surface area (Å²) < 4.78 is 0. The molecule has 3 nitrogen and oxygen atoms in total. The van der Waals surface area contributed by atoms with Crippen molar-refractivity contribution >= 4 is 5.91 Å². The molecule has 0 bridgehead atoms. The van der Waals surface area contributed by atoms with Gasteiger partial charge >= 0.3 is 0 Å². The first-order chi connectivity index (χ1) is 4.71. The van der Waals surface area contributed by atoms with Gasteiger partial charge in [-0.05, 0) is 25.8 Å². The lowest BCUT2D eigenvalue weighted by atomic mass is 9.94. The summed E-state index contributed by atoms with van der Waals surface area (Å²) in [5.74, 6) is -0.201. The maximum atomic E-state index is 10.9. The zero-order valence-corrected chi connectivity index (χ0v) is 6.31. The molecule has 0 aromatic heterocycles. The molecule has 1 amide bonds. The van der Waals surface area contributed by atoms with E-state index in [1.165, 1.54) is 0 Å². The monoisotopic (exact) mass is 142 g/mol. The minimum Gasteiger partial charge on any atom is -0.368 e. The first-order valence-corrected chi connectivity index (χ1v) is 3.76. The van der Waals surface area contributed by atoms with Crippen molar-refractivity contribution in [2.24, 2.45) is 5.73 Å². The second-order valence-electron chi connectivity index (χ2n) is 2.83. The number of carbonyl (C=O) groups excluding carboxylic acids is 1. The number of nitrogens with two attached hydrogens (primary N) is 1.